The Bertz CT molecular complexity index is 5190. The molecule has 17 rings (SSSR count). The minimum Gasteiger partial charge on any atom is -0.450 e. The molecule has 0 spiro atoms. The molecule has 8 aromatic heterocycles. The number of anilines is 4. The summed E-state index contributed by atoms with van der Waals surface area (Å²) in [5, 5.41) is 30.4. The van der Waals surface area contributed by atoms with Crippen molar-refractivity contribution in [1.82, 2.24) is 75.2 Å². The highest BCUT2D eigenvalue weighted by molar-refractivity contribution is 5.83. The van der Waals surface area contributed by atoms with Gasteiger partial charge in [0, 0.05) is 91.3 Å². The number of benzene rings is 5. The van der Waals surface area contributed by atoms with E-state index in [2.05, 4.69) is 110 Å². The second kappa shape index (κ2) is 36.9. The highest BCUT2D eigenvalue weighted by Crippen LogP contribution is 2.40. The van der Waals surface area contributed by atoms with Crippen molar-refractivity contribution in [3.05, 3.63) is 229 Å². The minimum atomic E-state index is -0.245. The van der Waals surface area contributed by atoms with Crippen LogP contribution < -0.4 is 21.3 Å². The van der Waals surface area contributed by atoms with E-state index < -0.39 is 0 Å². The first-order chi connectivity index (χ1) is 54.9. The van der Waals surface area contributed by atoms with Crippen molar-refractivity contribution in [2.24, 2.45) is 0 Å². The van der Waals surface area contributed by atoms with Crippen LogP contribution in [0.3, 0.4) is 0 Å². The molecule has 0 saturated carbocycles. The molecule has 1 amide bonds. The van der Waals surface area contributed by atoms with E-state index in [1.807, 2.05) is 180 Å². The largest absolute Gasteiger partial charge is 0.450 e. The summed E-state index contributed by atoms with van der Waals surface area (Å²) in [6, 6.07) is 57.7. The molecule has 574 valence electrons. The smallest absolute Gasteiger partial charge is 0.409 e. The van der Waals surface area contributed by atoms with Crippen LogP contribution in [-0.2, 0) is 11.2 Å². The number of carbonyl (C=O) groups is 1. The van der Waals surface area contributed by atoms with Gasteiger partial charge in [-0.1, -0.05) is 166 Å². The maximum absolute atomic E-state index is 11.9. The van der Waals surface area contributed by atoms with Gasteiger partial charge in [-0.15, -0.1) is 0 Å². The first-order valence-corrected chi connectivity index (χ1v) is 38.7. The zero-order chi connectivity index (χ0) is 77.1. The number of carbonyl (C=O) groups excluding carboxylic acids is 1. The van der Waals surface area contributed by atoms with Gasteiger partial charge in [0.1, 0.15) is 0 Å². The van der Waals surface area contributed by atoms with Gasteiger partial charge in [-0.3, -0.25) is 0 Å². The van der Waals surface area contributed by atoms with Crippen LogP contribution in [0.15, 0.2) is 213 Å². The number of aryl methyl sites for hydroxylation is 5. The summed E-state index contributed by atoms with van der Waals surface area (Å²) in [7, 11) is 4.37. The van der Waals surface area contributed by atoms with E-state index in [0.717, 1.165) is 165 Å². The van der Waals surface area contributed by atoms with Crippen LogP contribution in [0.1, 0.15) is 105 Å². The average Bonchev–Trinajstić information content (AvgIpc) is 1.73. The van der Waals surface area contributed by atoms with Crippen LogP contribution >= 0.6 is 0 Å². The number of aromatic nitrogens is 12. The Kier molecular flexibility index (Phi) is 25.2. The zero-order valence-electron chi connectivity index (χ0n) is 64.5. The average molecular weight is 1500 g/mol. The van der Waals surface area contributed by atoms with Gasteiger partial charge in [-0.2, -0.15) is 0 Å². The molecule has 4 N–H and O–H groups in total. The molecule has 13 aromatic rings. The number of ether oxygens (including phenoxy) is 1. The molecule has 5 aromatic carbocycles. The highest BCUT2D eigenvalue weighted by atomic mass is 16.6. The second-order valence-corrected chi connectivity index (χ2v) is 28.5. The van der Waals surface area contributed by atoms with Crippen LogP contribution in [0.2, 0.25) is 0 Å². The Morgan fingerprint density at radius 1 is 0.438 bits per heavy atom. The number of fused-ring (bicyclic) bond motifs is 1. The lowest BCUT2D eigenvalue weighted by Gasteiger charge is -2.31. The van der Waals surface area contributed by atoms with Crippen molar-refractivity contribution in [2.45, 2.75) is 123 Å². The van der Waals surface area contributed by atoms with Gasteiger partial charge in [0.15, 0.2) is 23.0 Å². The van der Waals surface area contributed by atoms with Gasteiger partial charge < -0.3 is 58.8 Å². The number of piperidine rings is 1. The molecule has 4 aliphatic rings. The molecule has 25 nitrogen and oxygen atoms in total. The summed E-state index contributed by atoms with van der Waals surface area (Å²) < 4.78 is 27.5. The van der Waals surface area contributed by atoms with Crippen LogP contribution in [0, 0.1) is 27.7 Å². The maximum Gasteiger partial charge on any atom is 0.409 e. The van der Waals surface area contributed by atoms with Gasteiger partial charge in [0.05, 0.1) is 80.5 Å². The van der Waals surface area contributed by atoms with Crippen LogP contribution in [-0.4, -0.2) is 159 Å². The van der Waals surface area contributed by atoms with Gasteiger partial charge in [-0.05, 0) is 161 Å². The highest BCUT2D eigenvalue weighted by Gasteiger charge is 2.29. The van der Waals surface area contributed by atoms with Crippen molar-refractivity contribution in [2.75, 3.05) is 81.2 Å². The second-order valence-electron chi connectivity index (χ2n) is 28.5. The fourth-order valence-electron chi connectivity index (χ4n) is 14.9. The van der Waals surface area contributed by atoms with Crippen molar-refractivity contribution in [3.63, 3.8) is 0 Å². The molecule has 3 saturated heterocycles. The first kappa shape index (κ1) is 76.4. The van der Waals surface area contributed by atoms with E-state index in [9.17, 15) is 4.79 Å². The van der Waals surface area contributed by atoms with Gasteiger partial charge in [0.2, 0.25) is 23.8 Å². The van der Waals surface area contributed by atoms with Crippen molar-refractivity contribution < 1.29 is 27.6 Å². The monoisotopic (exact) mass is 1500 g/mol. The Labute approximate surface area is 652 Å². The van der Waals surface area contributed by atoms with E-state index in [4.69, 9.17) is 42.8 Å². The molecule has 3 aliphatic heterocycles. The van der Waals surface area contributed by atoms with E-state index in [1.54, 1.807) is 29.7 Å². The summed E-state index contributed by atoms with van der Waals surface area (Å²) in [4.78, 5) is 55.0. The zero-order valence-corrected chi connectivity index (χ0v) is 64.5. The number of amides is 1. The summed E-state index contributed by atoms with van der Waals surface area (Å²) in [6.07, 6.45) is 18.0. The summed E-state index contributed by atoms with van der Waals surface area (Å²) in [5.41, 5.74) is 16.7. The van der Waals surface area contributed by atoms with E-state index in [1.165, 1.54) is 43.4 Å². The fourth-order valence-corrected chi connectivity index (χ4v) is 14.9. The van der Waals surface area contributed by atoms with Crippen molar-refractivity contribution in [1.29, 1.82) is 0 Å². The Hall–Kier alpha value is -12.4. The lowest BCUT2D eigenvalue weighted by molar-refractivity contribution is 0.0983. The number of nitrogens with one attached hydrogen (secondary N) is 4. The number of likely N-dealkylation sites (tertiary alicyclic amines) is 3. The normalized spacial score (nSPS) is 16.2. The molecule has 3 unspecified atom stereocenters. The minimum absolute atomic E-state index is 0.197. The number of nitrogens with zero attached hydrogens (tertiary/aromatic N) is 15. The Balaban J connectivity index is 0.000000124. The quantitative estimate of drug-likeness (QED) is 0.0551. The van der Waals surface area contributed by atoms with E-state index in [0.29, 0.717) is 61.3 Å². The Morgan fingerprint density at radius 3 is 1.26 bits per heavy atom. The third kappa shape index (κ3) is 18.7. The molecule has 0 radical (unpaired) electrons. The number of hydrogen-bond donors (Lipinski definition) is 4. The van der Waals surface area contributed by atoms with Gasteiger partial charge >= 0.3 is 6.09 Å². The van der Waals surface area contributed by atoms with Crippen LogP contribution in [0.25, 0.3) is 90.3 Å². The number of rotatable bonds is 20. The molecule has 0 bridgehead atoms. The lowest BCUT2D eigenvalue weighted by atomic mass is 9.88. The van der Waals surface area contributed by atoms with Crippen molar-refractivity contribution in [3.8, 4) is 90.3 Å². The SMILES string of the molecule is CCOC(=O)N1CCC(Nc2nccc(-c3c(C)noc3-c3ccccc3)n2)CC1.Cc1noc(-c2ccccc2)c1-c1ccnc(NC2CCCc3ccccc32)n1.Cc1noc(-c2ccccc2)c1-c1ccnc(NCC2CCCN2C)n1.Cc1noc(-c2ccccc2)c1-c1ccnc(NCCC2CCCN2C)n1. The molecule has 11 heterocycles. The lowest BCUT2D eigenvalue weighted by Crippen LogP contribution is -2.42. The van der Waals surface area contributed by atoms with Gasteiger partial charge in [0.25, 0.3) is 0 Å². The third-order valence-electron chi connectivity index (χ3n) is 20.9. The first-order valence-electron chi connectivity index (χ1n) is 38.7. The molecule has 3 fully saturated rings. The maximum atomic E-state index is 11.9. The molecule has 1 aliphatic carbocycles. The summed E-state index contributed by atoms with van der Waals surface area (Å²) in [5.74, 6) is 5.38. The van der Waals surface area contributed by atoms with E-state index >= 15 is 0 Å². The van der Waals surface area contributed by atoms with Gasteiger partial charge in [-0.25, -0.2) is 44.7 Å². The molecule has 25 heteroatoms. The molecule has 3 atom stereocenters. The molecular formula is C87H95N19O6. The summed E-state index contributed by atoms with van der Waals surface area (Å²) >= 11 is 0. The number of hydrogen-bond acceptors (Lipinski definition) is 24. The molecular weight excluding hydrogens is 1410 g/mol. The fraction of sp³-hybridized carbons (Fsp3) is 0.322. The number of likely N-dealkylation sites (N-methyl/N-ethyl adjacent to an activating group) is 1. The Morgan fingerprint density at radius 2 is 0.830 bits per heavy atom. The van der Waals surface area contributed by atoms with Crippen LogP contribution in [0.5, 0.6) is 0 Å². The summed E-state index contributed by atoms with van der Waals surface area (Å²) in [6.45, 7) is 15.3. The third-order valence-corrected chi connectivity index (χ3v) is 20.9. The van der Waals surface area contributed by atoms with Crippen molar-refractivity contribution >= 4 is 29.9 Å². The van der Waals surface area contributed by atoms with Crippen LogP contribution in [0.4, 0.5) is 28.6 Å². The standard InChI is InChI=1S/C24H22N4O.C22H25N5O3.C21H25N5O.C20H23N5O/c1-16-22(23(29-28-16)18-9-3-2-4-10-18)21-14-15-25-24(27-21)26-20-13-7-11-17-8-5-6-12-19(17)20;1-3-29-22(28)27-13-10-17(11-14-27)24-21-23-12-9-18(25-21)19-15(2)26-30-20(19)16-7-5-4-6-8-16;1-15-19(20(27-25-15)16-7-4-3-5-8-16)18-11-13-23-21(24-18)22-12-10-17-9-6-14-26(17)2;1-14-18(19(26-24-14)15-7-4-3-5-8-15)17-10-11-21-20(23-17)22-13-16-9-6-12-25(16)2/h2-6,8-10,12,14-15,20H,7,11,13H2,1H3,(H,25,26,27);4-9,12,17H,3,10-11,13-14H2,1-2H3,(H,23,24,25);3-5,7-8,11,13,17H,6,9-10,12,14H2,1-2H3,(H,22,23,24);3-5,7-8,10-11,16H,6,9,12-13H2,1-2H3,(H,21,22,23). The predicted molar refractivity (Wildman–Crippen MR) is 435 cm³/mol. The molecule has 112 heavy (non-hydrogen) atoms. The topological polar surface area (TPSA) is 291 Å². The predicted octanol–water partition coefficient (Wildman–Crippen LogP) is 17.4. The van der Waals surface area contributed by atoms with E-state index in [-0.39, 0.29) is 18.2 Å².